The molecule has 3 rings (SSSR count). The number of hydrogen-bond acceptors (Lipinski definition) is 1. The predicted molar refractivity (Wildman–Crippen MR) is 71.8 cm³/mol. The van der Waals surface area contributed by atoms with Crippen LogP contribution in [-0.4, -0.2) is 4.57 Å². The van der Waals surface area contributed by atoms with Crippen molar-refractivity contribution >= 4 is 10.9 Å². The number of para-hydroxylation sites is 1. The molecule has 2 N–H and O–H groups in total. The molecule has 2 aromatic rings. The first-order valence-electron chi connectivity index (χ1n) is 6.65. The maximum Gasteiger partial charge on any atom is 0.0483 e. The fraction of sp³-hybridized carbons (Fsp3) is 0.467. The van der Waals surface area contributed by atoms with Gasteiger partial charge in [-0.15, -0.1) is 0 Å². The molecule has 2 nitrogen and oxygen atoms in total. The largest absolute Gasteiger partial charge is 0.343 e. The van der Waals surface area contributed by atoms with Gasteiger partial charge in [0.1, 0.15) is 0 Å². The van der Waals surface area contributed by atoms with Crippen molar-refractivity contribution in [3.8, 4) is 0 Å². The van der Waals surface area contributed by atoms with Crippen LogP contribution in [0.25, 0.3) is 10.9 Å². The molecule has 0 unspecified atom stereocenters. The standard InChI is InChI=1S/C15H20N2/c16-10-14-9-13-7-3-4-8-15(13)17(14)11-12-5-1-2-6-12/h3-4,7-9,12H,1-2,5-6,10-11,16H2. The summed E-state index contributed by atoms with van der Waals surface area (Å²) in [6, 6.07) is 10.9. The quantitative estimate of drug-likeness (QED) is 0.858. The number of rotatable bonds is 3. The molecule has 0 spiro atoms. The normalized spacial score (nSPS) is 17.0. The van der Waals surface area contributed by atoms with Gasteiger partial charge in [-0.1, -0.05) is 31.0 Å². The minimum Gasteiger partial charge on any atom is -0.343 e. The van der Waals surface area contributed by atoms with Gasteiger partial charge in [-0.25, -0.2) is 0 Å². The molecular weight excluding hydrogens is 208 g/mol. The summed E-state index contributed by atoms with van der Waals surface area (Å²) in [5, 5.41) is 1.32. The van der Waals surface area contributed by atoms with E-state index >= 15 is 0 Å². The average molecular weight is 228 g/mol. The van der Waals surface area contributed by atoms with E-state index in [9.17, 15) is 0 Å². The van der Waals surface area contributed by atoms with Crippen molar-refractivity contribution < 1.29 is 0 Å². The van der Waals surface area contributed by atoms with Gasteiger partial charge in [0.25, 0.3) is 0 Å². The summed E-state index contributed by atoms with van der Waals surface area (Å²) in [7, 11) is 0. The smallest absolute Gasteiger partial charge is 0.0483 e. The second kappa shape index (κ2) is 4.53. The molecule has 0 atom stereocenters. The summed E-state index contributed by atoms with van der Waals surface area (Å²) in [5.74, 6) is 0.858. The Morgan fingerprint density at radius 1 is 1.18 bits per heavy atom. The maximum atomic E-state index is 5.87. The summed E-state index contributed by atoms with van der Waals surface area (Å²) >= 11 is 0. The summed E-state index contributed by atoms with van der Waals surface area (Å²) in [5.41, 5.74) is 8.49. The number of fused-ring (bicyclic) bond motifs is 1. The highest BCUT2D eigenvalue weighted by molar-refractivity contribution is 5.81. The van der Waals surface area contributed by atoms with Gasteiger partial charge in [-0.3, -0.25) is 0 Å². The molecule has 0 radical (unpaired) electrons. The number of aromatic nitrogens is 1. The molecular formula is C15H20N2. The fourth-order valence-electron chi connectivity index (χ4n) is 3.10. The van der Waals surface area contributed by atoms with Crippen LogP contribution in [0.4, 0.5) is 0 Å². The minimum absolute atomic E-state index is 0.640. The predicted octanol–water partition coefficient (Wildman–Crippen LogP) is 3.29. The lowest BCUT2D eigenvalue weighted by Gasteiger charge is -2.14. The zero-order valence-corrected chi connectivity index (χ0v) is 10.2. The van der Waals surface area contributed by atoms with E-state index in [1.54, 1.807) is 0 Å². The molecule has 1 aliphatic carbocycles. The third-order valence-electron chi connectivity index (χ3n) is 4.02. The Hall–Kier alpha value is -1.28. The Morgan fingerprint density at radius 2 is 1.94 bits per heavy atom. The van der Waals surface area contributed by atoms with E-state index in [1.807, 2.05) is 0 Å². The zero-order chi connectivity index (χ0) is 11.7. The van der Waals surface area contributed by atoms with Crippen LogP contribution in [0, 0.1) is 5.92 Å². The van der Waals surface area contributed by atoms with Crippen LogP contribution in [0.2, 0.25) is 0 Å². The highest BCUT2D eigenvalue weighted by Gasteiger charge is 2.17. The first-order chi connectivity index (χ1) is 8.38. The van der Waals surface area contributed by atoms with E-state index in [0.717, 1.165) is 12.5 Å². The number of hydrogen-bond donors (Lipinski definition) is 1. The van der Waals surface area contributed by atoms with Crippen LogP contribution in [0.3, 0.4) is 0 Å². The van der Waals surface area contributed by atoms with Crippen LogP contribution in [-0.2, 0) is 13.1 Å². The highest BCUT2D eigenvalue weighted by Crippen LogP contribution is 2.29. The first kappa shape index (κ1) is 10.8. The first-order valence-corrected chi connectivity index (χ1v) is 6.65. The molecule has 0 amide bonds. The summed E-state index contributed by atoms with van der Waals surface area (Å²) in [4.78, 5) is 0. The maximum absolute atomic E-state index is 5.87. The van der Waals surface area contributed by atoms with Crippen molar-refractivity contribution in [2.75, 3.05) is 0 Å². The molecule has 1 aromatic heterocycles. The molecule has 1 fully saturated rings. The van der Waals surface area contributed by atoms with E-state index in [0.29, 0.717) is 6.54 Å². The van der Waals surface area contributed by atoms with Gasteiger partial charge in [-0.05, 0) is 36.3 Å². The van der Waals surface area contributed by atoms with E-state index in [2.05, 4.69) is 34.9 Å². The van der Waals surface area contributed by atoms with Crippen LogP contribution in [0.1, 0.15) is 31.4 Å². The molecule has 2 heteroatoms. The molecule has 17 heavy (non-hydrogen) atoms. The molecule has 1 aliphatic rings. The Morgan fingerprint density at radius 3 is 2.71 bits per heavy atom. The molecule has 0 bridgehead atoms. The Bertz CT molecular complexity index is 507. The SMILES string of the molecule is NCc1cc2ccccc2n1CC1CCCC1. The Balaban J connectivity index is 1.99. The van der Waals surface area contributed by atoms with Crippen molar-refractivity contribution in [1.82, 2.24) is 4.57 Å². The lowest BCUT2D eigenvalue weighted by Crippen LogP contribution is -2.12. The molecule has 1 heterocycles. The topological polar surface area (TPSA) is 30.9 Å². The number of nitrogens with two attached hydrogens (primary N) is 1. The van der Waals surface area contributed by atoms with Crippen molar-refractivity contribution in [3.63, 3.8) is 0 Å². The number of benzene rings is 1. The van der Waals surface area contributed by atoms with E-state index < -0.39 is 0 Å². The molecule has 1 saturated carbocycles. The minimum atomic E-state index is 0.640. The van der Waals surface area contributed by atoms with Crippen molar-refractivity contribution in [2.24, 2.45) is 11.7 Å². The van der Waals surface area contributed by atoms with Crippen LogP contribution >= 0.6 is 0 Å². The van der Waals surface area contributed by atoms with Gasteiger partial charge in [0.2, 0.25) is 0 Å². The molecule has 0 aliphatic heterocycles. The van der Waals surface area contributed by atoms with Crippen molar-refractivity contribution in [1.29, 1.82) is 0 Å². The Kier molecular flexibility index (Phi) is 2.89. The van der Waals surface area contributed by atoms with Gasteiger partial charge < -0.3 is 10.3 Å². The molecule has 90 valence electrons. The average Bonchev–Trinajstić information content (AvgIpc) is 2.98. The zero-order valence-electron chi connectivity index (χ0n) is 10.2. The van der Waals surface area contributed by atoms with Gasteiger partial charge in [0.05, 0.1) is 0 Å². The van der Waals surface area contributed by atoms with Crippen LogP contribution in [0.15, 0.2) is 30.3 Å². The van der Waals surface area contributed by atoms with Crippen molar-refractivity contribution in [3.05, 3.63) is 36.0 Å². The van der Waals surface area contributed by atoms with Gasteiger partial charge in [0, 0.05) is 24.3 Å². The van der Waals surface area contributed by atoms with Crippen LogP contribution < -0.4 is 5.73 Å². The van der Waals surface area contributed by atoms with E-state index in [1.165, 1.54) is 42.3 Å². The molecule has 0 saturated heterocycles. The van der Waals surface area contributed by atoms with Gasteiger partial charge in [-0.2, -0.15) is 0 Å². The van der Waals surface area contributed by atoms with Gasteiger partial charge >= 0.3 is 0 Å². The third-order valence-corrected chi connectivity index (χ3v) is 4.02. The Labute approximate surface area is 102 Å². The summed E-state index contributed by atoms with van der Waals surface area (Å²) in [6.07, 6.45) is 5.58. The highest BCUT2D eigenvalue weighted by atomic mass is 15.0. The van der Waals surface area contributed by atoms with E-state index in [4.69, 9.17) is 5.73 Å². The number of nitrogens with zero attached hydrogens (tertiary/aromatic N) is 1. The summed E-state index contributed by atoms with van der Waals surface area (Å²) < 4.78 is 2.44. The molecule has 1 aromatic carbocycles. The van der Waals surface area contributed by atoms with Crippen LogP contribution in [0.5, 0.6) is 0 Å². The third kappa shape index (κ3) is 1.98. The monoisotopic (exact) mass is 228 g/mol. The lowest BCUT2D eigenvalue weighted by atomic mass is 10.1. The van der Waals surface area contributed by atoms with Crippen molar-refractivity contribution in [2.45, 2.75) is 38.8 Å². The lowest BCUT2D eigenvalue weighted by molar-refractivity contribution is 0.458. The second-order valence-corrected chi connectivity index (χ2v) is 5.16. The van der Waals surface area contributed by atoms with E-state index in [-0.39, 0.29) is 0 Å². The van der Waals surface area contributed by atoms with Gasteiger partial charge in [0.15, 0.2) is 0 Å². The summed E-state index contributed by atoms with van der Waals surface area (Å²) in [6.45, 7) is 1.79. The fourth-order valence-corrected chi connectivity index (χ4v) is 3.10. The second-order valence-electron chi connectivity index (χ2n) is 5.16.